The van der Waals surface area contributed by atoms with Crippen LogP contribution in [0.4, 0.5) is 0 Å². The number of amidine groups is 1. The number of hydrogen-bond donors (Lipinski definition) is 3. The Hall–Kier alpha value is -0.770. The van der Waals surface area contributed by atoms with Crippen LogP contribution in [0.3, 0.4) is 0 Å². The Morgan fingerprint density at radius 1 is 1.62 bits per heavy atom. The molecule has 0 heterocycles. The maximum absolute atomic E-state index is 8.29. The van der Waals surface area contributed by atoms with Crippen molar-refractivity contribution in [2.24, 2.45) is 22.7 Å². The van der Waals surface area contributed by atoms with Gasteiger partial charge in [-0.3, -0.25) is 0 Å². The molecule has 4 nitrogen and oxygen atoms in total. The largest absolute Gasteiger partial charge is 0.409 e. The van der Waals surface area contributed by atoms with Crippen molar-refractivity contribution in [2.45, 2.75) is 26.2 Å². The SMILES string of the molecule is CC1CCC(CNCC(N)=NO)C1. The second kappa shape index (κ2) is 5.07. The summed E-state index contributed by atoms with van der Waals surface area (Å²) in [6.45, 7) is 3.77. The molecule has 4 heteroatoms. The van der Waals surface area contributed by atoms with Crippen LogP contribution in [-0.4, -0.2) is 24.1 Å². The Morgan fingerprint density at radius 2 is 2.38 bits per heavy atom. The smallest absolute Gasteiger partial charge is 0.153 e. The van der Waals surface area contributed by atoms with Gasteiger partial charge in [0.15, 0.2) is 5.84 Å². The first kappa shape index (κ1) is 10.3. The van der Waals surface area contributed by atoms with Crippen LogP contribution < -0.4 is 11.1 Å². The first-order valence-electron chi connectivity index (χ1n) is 4.89. The fraction of sp³-hybridized carbons (Fsp3) is 0.889. The maximum Gasteiger partial charge on any atom is 0.153 e. The molecule has 0 aromatic rings. The topological polar surface area (TPSA) is 70.6 Å². The van der Waals surface area contributed by atoms with Crippen LogP contribution in [-0.2, 0) is 0 Å². The summed E-state index contributed by atoms with van der Waals surface area (Å²) in [5, 5.41) is 14.4. The molecule has 0 aliphatic heterocycles. The summed E-state index contributed by atoms with van der Waals surface area (Å²) in [4.78, 5) is 0. The van der Waals surface area contributed by atoms with E-state index in [2.05, 4.69) is 17.4 Å². The molecule has 13 heavy (non-hydrogen) atoms. The molecule has 2 unspecified atom stereocenters. The third-order valence-corrected chi connectivity index (χ3v) is 2.67. The minimum atomic E-state index is 0.256. The summed E-state index contributed by atoms with van der Waals surface area (Å²) in [5.74, 6) is 1.91. The first-order valence-corrected chi connectivity index (χ1v) is 4.89. The van der Waals surface area contributed by atoms with Gasteiger partial charge in [0, 0.05) is 0 Å². The molecule has 4 N–H and O–H groups in total. The van der Waals surface area contributed by atoms with Gasteiger partial charge >= 0.3 is 0 Å². The highest BCUT2D eigenvalue weighted by Gasteiger charge is 2.20. The van der Waals surface area contributed by atoms with E-state index in [9.17, 15) is 0 Å². The third kappa shape index (κ3) is 3.63. The Kier molecular flexibility index (Phi) is 4.02. The second-order valence-corrected chi connectivity index (χ2v) is 4.01. The van der Waals surface area contributed by atoms with Gasteiger partial charge in [-0.1, -0.05) is 18.5 Å². The molecule has 1 aliphatic rings. The lowest BCUT2D eigenvalue weighted by atomic mass is 10.1. The highest BCUT2D eigenvalue weighted by molar-refractivity contribution is 5.81. The number of nitrogens with one attached hydrogen (secondary N) is 1. The summed E-state index contributed by atoms with van der Waals surface area (Å²) in [5.41, 5.74) is 5.32. The molecule has 76 valence electrons. The zero-order valence-electron chi connectivity index (χ0n) is 8.16. The van der Waals surface area contributed by atoms with Gasteiger partial charge in [-0.15, -0.1) is 0 Å². The lowest BCUT2D eigenvalue weighted by Gasteiger charge is -2.09. The third-order valence-electron chi connectivity index (χ3n) is 2.67. The van der Waals surface area contributed by atoms with Gasteiger partial charge in [0.2, 0.25) is 0 Å². The van der Waals surface area contributed by atoms with Crippen LogP contribution in [0.5, 0.6) is 0 Å². The quantitative estimate of drug-likeness (QED) is 0.262. The normalized spacial score (nSPS) is 29.5. The standard InChI is InChI=1S/C9H19N3O/c1-7-2-3-8(4-7)5-11-6-9(10)12-13/h7-8,11,13H,2-6H2,1H3,(H2,10,12). The fourth-order valence-electron chi connectivity index (χ4n) is 1.95. The summed E-state index contributed by atoms with van der Waals surface area (Å²) in [7, 11) is 0. The van der Waals surface area contributed by atoms with Crippen molar-refractivity contribution in [3.8, 4) is 0 Å². The lowest BCUT2D eigenvalue weighted by molar-refractivity contribution is 0.316. The molecule has 0 bridgehead atoms. The molecular formula is C9H19N3O. The van der Waals surface area contributed by atoms with Crippen molar-refractivity contribution >= 4 is 5.84 Å². The minimum absolute atomic E-state index is 0.256. The molecule has 0 amide bonds. The van der Waals surface area contributed by atoms with Gasteiger partial charge in [0.25, 0.3) is 0 Å². The fourth-order valence-corrected chi connectivity index (χ4v) is 1.95. The summed E-state index contributed by atoms with van der Waals surface area (Å²) in [6.07, 6.45) is 3.96. The van der Waals surface area contributed by atoms with Gasteiger partial charge in [0.05, 0.1) is 6.54 Å². The number of oxime groups is 1. The van der Waals surface area contributed by atoms with Crippen LogP contribution in [0.2, 0.25) is 0 Å². The van der Waals surface area contributed by atoms with Crippen LogP contribution in [0.15, 0.2) is 5.16 Å². The molecule has 2 atom stereocenters. The van der Waals surface area contributed by atoms with E-state index < -0.39 is 0 Å². The Morgan fingerprint density at radius 3 is 2.92 bits per heavy atom. The summed E-state index contributed by atoms with van der Waals surface area (Å²) < 4.78 is 0. The van der Waals surface area contributed by atoms with Crippen molar-refractivity contribution in [3.63, 3.8) is 0 Å². The van der Waals surface area contributed by atoms with E-state index in [0.29, 0.717) is 6.54 Å². The van der Waals surface area contributed by atoms with E-state index in [1.54, 1.807) is 0 Å². The Labute approximate surface area is 79.2 Å². The van der Waals surface area contributed by atoms with Gasteiger partial charge in [-0.25, -0.2) is 0 Å². The van der Waals surface area contributed by atoms with Crippen LogP contribution in [0, 0.1) is 11.8 Å². The predicted molar refractivity (Wildman–Crippen MR) is 52.8 cm³/mol. The van der Waals surface area contributed by atoms with E-state index in [1.165, 1.54) is 19.3 Å². The lowest BCUT2D eigenvalue weighted by Crippen LogP contribution is -2.31. The zero-order chi connectivity index (χ0) is 9.68. The van der Waals surface area contributed by atoms with E-state index in [4.69, 9.17) is 10.9 Å². The molecule has 0 aromatic carbocycles. The predicted octanol–water partition coefficient (Wildman–Crippen LogP) is 0.759. The first-order chi connectivity index (χ1) is 6.22. The molecule has 1 saturated carbocycles. The van der Waals surface area contributed by atoms with Gasteiger partial charge in [0.1, 0.15) is 0 Å². The van der Waals surface area contributed by atoms with Gasteiger partial charge in [-0.05, 0) is 31.2 Å². The van der Waals surface area contributed by atoms with Crippen molar-refractivity contribution < 1.29 is 5.21 Å². The molecule has 0 aromatic heterocycles. The van der Waals surface area contributed by atoms with Crippen LogP contribution >= 0.6 is 0 Å². The van der Waals surface area contributed by atoms with Crippen molar-refractivity contribution in [3.05, 3.63) is 0 Å². The number of nitrogens with two attached hydrogens (primary N) is 1. The molecule has 0 saturated heterocycles. The average Bonchev–Trinajstić information content (AvgIpc) is 2.51. The molecular weight excluding hydrogens is 166 g/mol. The van der Waals surface area contributed by atoms with Crippen LogP contribution in [0.1, 0.15) is 26.2 Å². The highest BCUT2D eigenvalue weighted by Crippen LogP contribution is 2.29. The minimum Gasteiger partial charge on any atom is -0.409 e. The van der Waals surface area contributed by atoms with Gasteiger partial charge < -0.3 is 16.3 Å². The molecule has 0 spiro atoms. The van der Waals surface area contributed by atoms with E-state index in [-0.39, 0.29) is 5.84 Å². The number of hydrogen-bond acceptors (Lipinski definition) is 3. The van der Waals surface area contributed by atoms with Crippen molar-refractivity contribution in [1.82, 2.24) is 5.32 Å². The summed E-state index contributed by atoms with van der Waals surface area (Å²) >= 11 is 0. The van der Waals surface area contributed by atoms with E-state index in [0.717, 1.165) is 18.4 Å². The Balaban J connectivity index is 2.06. The monoisotopic (exact) mass is 185 g/mol. The van der Waals surface area contributed by atoms with E-state index in [1.807, 2.05) is 0 Å². The average molecular weight is 185 g/mol. The molecule has 1 fully saturated rings. The molecule has 0 radical (unpaired) electrons. The number of rotatable bonds is 4. The second-order valence-electron chi connectivity index (χ2n) is 4.01. The van der Waals surface area contributed by atoms with Crippen molar-refractivity contribution in [1.29, 1.82) is 0 Å². The number of nitrogens with zero attached hydrogens (tertiary/aromatic N) is 1. The molecule has 1 rings (SSSR count). The zero-order valence-corrected chi connectivity index (χ0v) is 8.16. The maximum atomic E-state index is 8.29. The van der Waals surface area contributed by atoms with Gasteiger partial charge in [-0.2, -0.15) is 0 Å². The van der Waals surface area contributed by atoms with E-state index >= 15 is 0 Å². The molecule has 1 aliphatic carbocycles. The Bertz CT molecular complexity index is 182. The van der Waals surface area contributed by atoms with Crippen LogP contribution in [0.25, 0.3) is 0 Å². The highest BCUT2D eigenvalue weighted by atomic mass is 16.4. The van der Waals surface area contributed by atoms with Crippen molar-refractivity contribution in [2.75, 3.05) is 13.1 Å². The summed E-state index contributed by atoms with van der Waals surface area (Å²) in [6, 6.07) is 0.